The lowest BCUT2D eigenvalue weighted by Gasteiger charge is -2.27. The minimum atomic E-state index is 0.249. The number of rotatable bonds is 4. The molecule has 0 aliphatic carbocycles. The molecule has 2 unspecified atom stereocenters. The van der Waals surface area contributed by atoms with Crippen LogP contribution >= 0.6 is 11.6 Å². The van der Waals surface area contributed by atoms with Crippen LogP contribution in [0, 0.1) is 0 Å². The number of halogens is 1. The van der Waals surface area contributed by atoms with Crippen LogP contribution in [0.2, 0.25) is 5.15 Å². The normalized spacial score (nSPS) is 24.3. The van der Waals surface area contributed by atoms with Crippen molar-refractivity contribution in [3.63, 3.8) is 0 Å². The molecule has 1 fully saturated rings. The fraction of sp³-hybridized carbons (Fsp3) is 0.667. The van der Waals surface area contributed by atoms with Crippen LogP contribution in [0.4, 0.5) is 5.82 Å². The molecule has 2 heterocycles. The van der Waals surface area contributed by atoms with Crippen molar-refractivity contribution in [3.05, 3.63) is 17.3 Å². The Kier molecular flexibility index (Phi) is 4.18. The first kappa shape index (κ1) is 12.6. The van der Waals surface area contributed by atoms with Crippen LogP contribution in [0.5, 0.6) is 0 Å². The van der Waals surface area contributed by atoms with Gasteiger partial charge in [-0.1, -0.05) is 31.4 Å². The summed E-state index contributed by atoms with van der Waals surface area (Å²) < 4.78 is 0. The van der Waals surface area contributed by atoms with Gasteiger partial charge in [-0.2, -0.15) is 0 Å². The van der Waals surface area contributed by atoms with E-state index in [1.54, 1.807) is 6.07 Å². The van der Waals surface area contributed by atoms with E-state index in [4.69, 9.17) is 17.3 Å². The molecule has 2 N–H and O–H groups in total. The molecule has 1 aliphatic rings. The molecule has 1 aliphatic heterocycles. The number of nitrogens with zero attached hydrogens (tertiary/aromatic N) is 3. The molecule has 0 bridgehead atoms. The SMILES string of the molecule is CCCCC1C(N)CCN1c1ccc(Cl)nn1. The van der Waals surface area contributed by atoms with E-state index in [1.807, 2.05) is 6.07 Å². The van der Waals surface area contributed by atoms with Crippen LogP contribution in [-0.4, -0.2) is 28.8 Å². The zero-order valence-corrected chi connectivity index (χ0v) is 10.9. The van der Waals surface area contributed by atoms with E-state index in [0.29, 0.717) is 11.2 Å². The summed E-state index contributed by atoms with van der Waals surface area (Å²) in [6.07, 6.45) is 4.56. The first-order valence-electron chi connectivity index (χ1n) is 6.24. The Morgan fingerprint density at radius 2 is 2.29 bits per heavy atom. The molecule has 17 heavy (non-hydrogen) atoms. The van der Waals surface area contributed by atoms with Crippen LogP contribution < -0.4 is 10.6 Å². The molecule has 5 heteroatoms. The largest absolute Gasteiger partial charge is 0.351 e. The summed E-state index contributed by atoms with van der Waals surface area (Å²) in [5.41, 5.74) is 6.16. The lowest BCUT2D eigenvalue weighted by Crippen LogP contribution is -2.39. The van der Waals surface area contributed by atoms with Crippen molar-refractivity contribution in [1.29, 1.82) is 0 Å². The van der Waals surface area contributed by atoms with Crippen LogP contribution in [0.25, 0.3) is 0 Å². The molecule has 1 aromatic rings. The van der Waals surface area contributed by atoms with Crippen LogP contribution in [0.3, 0.4) is 0 Å². The van der Waals surface area contributed by atoms with Gasteiger partial charge in [0.05, 0.1) is 0 Å². The summed E-state index contributed by atoms with van der Waals surface area (Å²) in [4.78, 5) is 2.27. The zero-order chi connectivity index (χ0) is 12.3. The third kappa shape index (κ3) is 2.87. The molecular weight excluding hydrogens is 236 g/mol. The van der Waals surface area contributed by atoms with Gasteiger partial charge in [-0.05, 0) is 25.0 Å². The van der Waals surface area contributed by atoms with Gasteiger partial charge in [-0.15, -0.1) is 10.2 Å². The van der Waals surface area contributed by atoms with Gasteiger partial charge in [0.25, 0.3) is 0 Å². The van der Waals surface area contributed by atoms with E-state index >= 15 is 0 Å². The smallest absolute Gasteiger partial charge is 0.151 e. The fourth-order valence-corrected chi connectivity index (χ4v) is 2.51. The molecule has 1 saturated heterocycles. The van der Waals surface area contributed by atoms with Crippen molar-refractivity contribution < 1.29 is 0 Å². The Labute approximate surface area is 107 Å². The molecule has 4 nitrogen and oxygen atoms in total. The van der Waals surface area contributed by atoms with Gasteiger partial charge in [0.1, 0.15) is 0 Å². The first-order chi connectivity index (χ1) is 8.22. The first-order valence-corrected chi connectivity index (χ1v) is 6.61. The highest BCUT2D eigenvalue weighted by Gasteiger charge is 2.31. The lowest BCUT2D eigenvalue weighted by molar-refractivity contribution is 0.517. The lowest BCUT2D eigenvalue weighted by atomic mass is 10.0. The van der Waals surface area contributed by atoms with E-state index in [0.717, 1.165) is 25.2 Å². The van der Waals surface area contributed by atoms with Gasteiger partial charge < -0.3 is 10.6 Å². The Hall–Kier alpha value is -0.870. The highest BCUT2D eigenvalue weighted by molar-refractivity contribution is 6.29. The molecule has 0 spiro atoms. The summed E-state index contributed by atoms with van der Waals surface area (Å²) in [6.45, 7) is 3.17. The monoisotopic (exact) mass is 254 g/mol. The fourth-order valence-electron chi connectivity index (χ4n) is 2.41. The topological polar surface area (TPSA) is 55.0 Å². The number of aromatic nitrogens is 2. The number of unbranched alkanes of at least 4 members (excludes halogenated alkanes) is 1. The highest BCUT2D eigenvalue weighted by atomic mass is 35.5. The maximum Gasteiger partial charge on any atom is 0.151 e. The molecule has 2 atom stereocenters. The Morgan fingerprint density at radius 3 is 2.94 bits per heavy atom. The predicted octanol–water partition coefficient (Wildman–Crippen LogP) is 2.23. The average molecular weight is 255 g/mol. The zero-order valence-electron chi connectivity index (χ0n) is 10.1. The molecule has 0 saturated carbocycles. The maximum atomic E-state index is 6.16. The van der Waals surface area contributed by atoms with Crippen molar-refractivity contribution in [2.45, 2.75) is 44.7 Å². The second-order valence-electron chi connectivity index (χ2n) is 4.57. The molecular formula is C12H19ClN4. The summed E-state index contributed by atoms with van der Waals surface area (Å²) in [5.74, 6) is 0.892. The minimum absolute atomic E-state index is 0.249. The Bertz CT molecular complexity index is 354. The van der Waals surface area contributed by atoms with E-state index in [9.17, 15) is 0 Å². The van der Waals surface area contributed by atoms with Crippen LogP contribution in [-0.2, 0) is 0 Å². The van der Waals surface area contributed by atoms with E-state index < -0.39 is 0 Å². The van der Waals surface area contributed by atoms with Gasteiger partial charge in [0.2, 0.25) is 0 Å². The third-order valence-electron chi connectivity index (χ3n) is 3.36. The maximum absolute atomic E-state index is 6.16. The van der Waals surface area contributed by atoms with Crippen molar-refractivity contribution in [2.75, 3.05) is 11.4 Å². The molecule has 0 aromatic carbocycles. The molecule has 0 radical (unpaired) electrons. The highest BCUT2D eigenvalue weighted by Crippen LogP contribution is 2.26. The average Bonchev–Trinajstić information content (AvgIpc) is 2.69. The number of hydrogen-bond donors (Lipinski definition) is 1. The van der Waals surface area contributed by atoms with E-state index in [-0.39, 0.29) is 6.04 Å². The summed E-state index contributed by atoms with van der Waals surface area (Å²) >= 11 is 5.75. The van der Waals surface area contributed by atoms with Crippen molar-refractivity contribution in [1.82, 2.24) is 10.2 Å². The summed E-state index contributed by atoms with van der Waals surface area (Å²) in [6, 6.07) is 4.35. The molecule has 2 rings (SSSR count). The third-order valence-corrected chi connectivity index (χ3v) is 3.57. The van der Waals surface area contributed by atoms with Crippen molar-refractivity contribution in [3.8, 4) is 0 Å². The number of hydrogen-bond acceptors (Lipinski definition) is 4. The van der Waals surface area contributed by atoms with Gasteiger partial charge in [-0.25, -0.2) is 0 Å². The Balaban J connectivity index is 2.10. The molecule has 1 aromatic heterocycles. The number of anilines is 1. The quantitative estimate of drug-likeness (QED) is 0.895. The van der Waals surface area contributed by atoms with E-state index in [2.05, 4.69) is 22.0 Å². The summed E-state index contributed by atoms with van der Waals surface area (Å²) in [5, 5.41) is 8.47. The van der Waals surface area contributed by atoms with Crippen LogP contribution in [0.1, 0.15) is 32.6 Å². The van der Waals surface area contributed by atoms with Gasteiger partial charge in [0, 0.05) is 18.6 Å². The van der Waals surface area contributed by atoms with Gasteiger partial charge in [0.15, 0.2) is 11.0 Å². The van der Waals surface area contributed by atoms with Crippen LogP contribution in [0.15, 0.2) is 12.1 Å². The van der Waals surface area contributed by atoms with Crippen molar-refractivity contribution >= 4 is 17.4 Å². The molecule has 0 amide bonds. The van der Waals surface area contributed by atoms with Gasteiger partial charge >= 0.3 is 0 Å². The van der Waals surface area contributed by atoms with Crippen molar-refractivity contribution in [2.24, 2.45) is 5.73 Å². The van der Waals surface area contributed by atoms with Gasteiger partial charge in [-0.3, -0.25) is 0 Å². The second-order valence-corrected chi connectivity index (χ2v) is 4.96. The number of nitrogens with two attached hydrogens (primary N) is 1. The summed E-state index contributed by atoms with van der Waals surface area (Å²) in [7, 11) is 0. The minimum Gasteiger partial charge on any atom is -0.351 e. The predicted molar refractivity (Wildman–Crippen MR) is 70.3 cm³/mol. The van der Waals surface area contributed by atoms with E-state index in [1.165, 1.54) is 12.8 Å². The second kappa shape index (κ2) is 5.65. The standard InChI is InChI=1S/C12H19ClN4/c1-2-3-4-10-9(14)7-8-17(10)12-6-5-11(13)15-16-12/h5-6,9-10H,2-4,7-8,14H2,1H3. The molecule has 94 valence electrons. The Morgan fingerprint density at radius 1 is 1.47 bits per heavy atom.